The molecular weight excluding hydrogens is 232 g/mol. The lowest BCUT2D eigenvalue weighted by molar-refractivity contribution is 0.274. The van der Waals surface area contributed by atoms with Crippen molar-refractivity contribution in [1.29, 1.82) is 0 Å². The van der Waals surface area contributed by atoms with Gasteiger partial charge in [-0.25, -0.2) is 9.97 Å². The van der Waals surface area contributed by atoms with Crippen molar-refractivity contribution in [2.24, 2.45) is 10.9 Å². The van der Waals surface area contributed by atoms with E-state index in [0.717, 1.165) is 25.5 Å². The zero-order chi connectivity index (χ0) is 13.1. The molecule has 1 fully saturated rings. The van der Waals surface area contributed by atoms with Crippen molar-refractivity contribution in [3.63, 3.8) is 0 Å². The highest BCUT2D eigenvalue weighted by Gasteiger charge is 2.25. The summed E-state index contributed by atoms with van der Waals surface area (Å²) in [7, 11) is 2.10. The molecule has 0 amide bonds. The van der Waals surface area contributed by atoms with Crippen LogP contribution < -0.4 is 10.6 Å². The van der Waals surface area contributed by atoms with Gasteiger partial charge in [0.25, 0.3) is 0 Å². The van der Waals surface area contributed by atoms with Gasteiger partial charge in [0.05, 0.1) is 5.56 Å². The number of anilines is 1. The molecular formula is C11H18N6O. The molecule has 0 spiro atoms. The van der Waals surface area contributed by atoms with E-state index < -0.39 is 0 Å². The molecule has 2 heterocycles. The summed E-state index contributed by atoms with van der Waals surface area (Å²) < 4.78 is 0. The number of amidine groups is 1. The first-order valence-corrected chi connectivity index (χ1v) is 5.86. The summed E-state index contributed by atoms with van der Waals surface area (Å²) in [4.78, 5) is 12.6. The average molecular weight is 250 g/mol. The second kappa shape index (κ2) is 5.18. The fraction of sp³-hybridized carbons (Fsp3) is 0.545. The number of nitrogens with two attached hydrogens (primary N) is 1. The van der Waals surface area contributed by atoms with E-state index >= 15 is 0 Å². The van der Waals surface area contributed by atoms with Crippen molar-refractivity contribution >= 4 is 11.7 Å². The van der Waals surface area contributed by atoms with Gasteiger partial charge in [-0.15, -0.1) is 0 Å². The zero-order valence-electron chi connectivity index (χ0n) is 10.6. The maximum atomic E-state index is 8.80. The molecule has 2 rings (SSSR count). The molecule has 7 nitrogen and oxygen atoms in total. The Labute approximate surface area is 106 Å². The number of hydrogen-bond donors (Lipinski definition) is 2. The normalized spacial score (nSPS) is 22.2. The van der Waals surface area contributed by atoms with Gasteiger partial charge in [-0.2, -0.15) is 0 Å². The lowest BCUT2D eigenvalue weighted by Gasteiger charge is -2.39. The summed E-state index contributed by atoms with van der Waals surface area (Å²) in [6.45, 7) is 4.91. The van der Waals surface area contributed by atoms with E-state index in [1.807, 2.05) is 0 Å². The molecule has 98 valence electrons. The quantitative estimate of drug-likeness (QED) is 0.324. The molecule has 1 aromatic rings. The molecule has 1 aliphatic rings. The largest absolute Gasteiger partial charge is 0.409 e. The van der Waals surface area contributed by atoms with Gasteiger partial charge in [0.2, 0.25) is 0 Å². The molecule has 1 aromatic heterocycles. The standard InChI is InChI=1S/C11H18N6O/c1-8-6-16(2)3-4-17(8)11-9(10(12)15-18)5-13-7-14-11/h5,7-8,18H,3-4,6H2,1-2H3,(H2,12,15). The predicted molar refractivity (Wildman–Crippen MR) is 68.8 cm³/mol. The van der Waals surface area contributed by atoms with Gasteiger partial charge in [-0.3, -0.25) is 0 Å². The topological polar surface area (TPSA) is 90.9 Å². The van der Waals surface area contributed by atoms with Gasteiger partial charge in [0, 0.05) is 31.9 Å². The van der Waals surface area contributed by atoms with Gasteiger partial charge in [0.15, 0.2) is 5.84 Å². The average Bonchev–Trinajstić information content (AvgIpc) is 2.38. The Hall–Kier alpha value is -1.89. The van der Waals surface area contributed by atoms with E-state index in [9.17, 15) is 0 Å². The summed E-state index contributed by atoms with van der Waals surface area (Å²) in [5, 5.41) is 11.8. The first kappa shape index (κ1) is 12.6. The van der Waals surface area contributed by atoms with Crippen molar-refractivity contribution < 1.29 is 5.21 Å². The molecule has 0 saturated carbocycles. The van der Waals surface area contributed by atoms with Gasteiger partial charge < -0.3 is 20.7 Å². The predicted octanol–water partition coefficient (Wildman–Crippen LogP) is -0.289. The number of nitrogens with zero attached hydrogens (tertiary/aromatic N) is 5. The summed E-state index contributed by atoms with van der Waals surface area (Å²) in [5.74, 6) is 0.762. The minimum Gasteiger partial charge on any atom is -0.409 e. The number of likely N-dealkylation sites (N-methyl/N-ethyl adjacent to an activating group) is 1. The first-order valence-electron chi connectivity index (χ1n) is 5.86. The highest BCUT2D eigenvalue weighted by atomic mass is 16.4. The van der Waals surface area contributed by atoms with Crippen molar-refractivity contribution in [3.05, 3.63) is 18.1 Å². The minimum atomic E-state index is 0.0386. The summed E-state index contributed by atoms with van der Waals surface area (Å²) in [5.41, 5.74) is 6.22. The second-order valence-electron chi connectivity index (χ2n) is 4.55. The molecule has 0 aliphatic carbocycles. The molecule has 1 saturated heterocycles. The SMILES string of the molecule is CC1CN(C)CCN1c1ncncc1C(N)=NO. The molecule has 1 unspecified atom stereocenters. The van der Waals surface area contributed by atoms with Gasteiger partial charge in [-0.05, 0) is 14.0 Å². The molecule has 7 heteroatoms. The van der Waals surface area contributed by atoms with Crippen molar-refractivity contribution in [1.82, 2.24) is 14.9 Å². The van der Waals surface area contributed by atoms with E-state index in [-0.39, 0.29) is 5.84 Å². The Morgan fingerprint density at radius 3 is 3.00 bits per heavy atom. The summed E-state index contributed by atoms with van der Waals surface area (Å²) >= 11 is 0. The monoisotopic (exact) mass is 250 g/mol. The number of hydrogen-bond acceptors (Lipinski definition) is 6. The smallest absolute Gasteiger partial charge is 0.175 e. The van der Waals surface area contributed by atoms with Crippen LogP contribution in [0.3, 0.4) is 0 Å². The lowest BCUT2D eigenvalue weighted by atomic mass is 10.1. The zero-order valence-corrected chi connectivity index (χ0v) is 10.6. The van der Waals surface area contributed by atoms with Gasteiger partial charge in [0.1, 0.15) is 12.1 Å². The second-order valence-corrected chi connectivity index (χ2v) is 4.55. The van der Waals surface area contributed by atoms with Crippen LogP contribution in [0.1, 0.15) is 12.5 Å². The fourth-order valence-corrected chi connectivity index (χ4v) is 2.24. The third kappa shape index (κ3) is 2.35. The third-order valence-electron chi connectivity index (χ3n) is 3.18. The van der Waals surface area contributed by atoms with Crippen LogP contribution >= 0.6 is 0 Å². The fourth-order valence-electron chi connectivity index (χ4n) is 2.24. The van der Waals surface area contributed by atoms with Crippen LogP contribution in [-0.2, 0) is 0 Å². The molecule has 0 radical (unpaired) electrons. The van der Waals surface area contributed by atoms with Crippen LogP contribution in [0.5, 0.6) is 0 Å². The van der Waals surface area contributed by atoms with E-state index in [1.165, 1.54) is 6.33 Å². The van der Waals surface area contributed by atoms with Crippen LogP contribution in [0.25, 0.3) is 0 Å². The van der Waals surface area contributed by atoms with E-state index in [0.29, 0.717) is 11.6 Å². The van der Waals surface area contributed by atoms with Gasteiger partial charge in [-0.1, -0.05) is 5.16 Å². The number of piperazine rings is 1. The summed E-state index contributed by atoms with van der Waals surface area (Å²) in [6.07, 6.45) is 3.05. The van der Waals surface area contributed by atoms with Crippen molar-refractivity contribution in [3.8, 4) is 0 Å². The van der Waals surface area contributed by atoms with Crippen molar-refractivity contribution in [2.45, 2.75) is 13.0 Å². The lowest BCUT2D eigenvalue weighted by Crippen LogP contribution is -2.51. The Balaban J connectivity index is 2.33. The van der Waals surface area contributed by atoms with Gasteiger partial charge >= 0.3 is 0 Å². The Morgan fingerprint density at radius 1 is 1.56 bits per heavy atom. The number of rotatable bonds is 2. The van der Waals surface area contributed by atoms with E-state index in [4.69, 9.17) is 10.9 Å². The Bertz CT molecular complexity index is 449. The highest BCUT2D eigenvalue weighted by Crippen LogP contribution is 2.21. The molecule has 1 aliphatic heterocycles. The Morgan fingerprint density at radius 2 is 2.33 bits per heavy atom. The first-order chi connectivity index (χ1) is 8.63. The summed E-state index contributed by atoms with van der Waals surface area (Å²) in [6, 6.07) is 0.323. The van der Waals surface area contributed by atoms with Crippen LogP contribution in [0.4, 0.5) is 5.82 Å². The maximum Gasteiger partial charge on any atom is 0.175 e. The van der Waals surface area contributed by atoms with Crippen molar-refractivity contribution in [2.75, 3.05) is 31.6 Å². The molecule has 0 aromatic carbocycles. The highest BCUT2D eigenvalue weighted by molar-refractivity contribution is 6.01. The number of aromatic nitrogens is 2. The third-order valence-corrected chi connectivity index (χ3v) is 3.18. The Kier molecular flexibility index (Phi) is 3.61. The number of oxime groups is 1. The minimum absolute atomic E-state index is 0.0386. The van der Waals surface area contributed by atoms with Crippen LogP contribution in [-0.4, -0.2) is 58.6 Å². The van der Waals surface area contributed by atoms with Crippen LogP contribution in [0.2, 0.25) is 0 Å². The van der Waals surface area contributed by atoms with E-state index in [2.05, 4.69) is 38.9 Å². The van der Waals surface area contributed by atoms with Crippen LogP contribution in [0.15, 0.2) is 17.7 Å². The molecule has 1 atom stereocenters. The van der Waals surface area contributed by atoms with E-state index in [1.54, 1.807) is 6.20 Å². The molecule has 3 N–H and O–H groups in total. The van der Waals surface area contributed by atoms with Crippen LogP contribution in [0, 0.1) is 0 Å². The maximum absolute atomic E-state index is 8.80. The molecule has 0 bridgehead atoms. The molecule has 18 heavy (non-hydrogen) atoms.